The molecule has 1 aliphatic carbocycles. The summed E-state index contributed by atoms with van der Waals surface area (Å²) in [5, 5.41) is 2.87. The van der Waals surface area contributed by atoms with Gasteiger partial charge in [0.25, 0.3) is 0 Å². The molecule has 1 aliphatic heterocycles. The van der Waals surface area contributed by atoms with Gasteiger partial charge >= 0.3 is 0 Å². The van der Waals surface area contributed by atoms with Crippen LogP contribution in [-0.2, 0) is 9.59 Å². The van der Waals surface area contributed by atoms with Crippen LogP contribution in [0.2, 0.25) is 0 Å². The number of carbonyl (C=O) groups excluding carboxylic acids is 2. The largest absolute Gasteiger partial charge is 0.497 e. The molecule has 1 saturated heterocycles. The monoisotopic (exact) mass is 397 g/mol. The second-order valence-electron chi connectivity index (χ2n) is 7.52. The van der Waals surface area contributed by atoms with E-state index in [2.05, 4.69) is 10.2 Å². The maximum atomic E-state index is 13.1. The normalized spacial score (nSPS) is 17.6. The zero-order valence-electron chi connectivity index (χ0n) is 16.4. The number of benzene rings is 2. The highest BCUT2D eigenvalue weighted by molar-refractivity contribution is 6.13. The molecule has 0 radical (unpaired) electrons. The third-order valence-electron chi connectivity index (χ3n) is 5.70. The average molecular weight is 397 g/mol. The van der Waals surface area contributed by atoms with Crippen LogP contribution in [0.1, 0.15) is 12.8 Å². The number of rotatable bonds is 5. The molecule has 4 rings (SSSR count). The van der Waals surface area contributed by atoms with Crippen LogP contribution in [0.5, 0.6) is 5.75 Å². The SMILES string of the molecule is COc1ccc(NC(=O)C2(C(=O)N3CCN(c4ccc(F)cc4)CC3)CC2)cc1. The number of methoxy groups -OCH3 is 1. The van der Waals surface area contributed by atoms with Crippen LogP contribution in [0.15, 0.2) is 48.5 Å². The first-order valence-corrected chi connectivity index (χ1v) is 9.77. The number of nitrogens with one attached hydrogen (secondary N) is 1. The van der Waals surface area contributed by atoms with E-state index in [1.807, 2.05) is 0 Å². The van der Waals surface area contributed by atoms with Crippen molar-refractivity contribution in [3.05, 3.63) is 54.3 Å². The molecule has 0 unspecified atom stereocenters. The highest BCUT2D eigenvalue weighted by Crippen LogP contribution is 2.48. The zero-order chi connectivity index (χ0) is 20.4. The summed E-state index contributed by atoms with van der Waals surface area (Å²) in [6, 6.07) is 13.4. The first-order valence-electron chi connectivity index (χ1n) is 9.77. The summed E-state index contributed by atoms with van der Waals surface area (Å²) in [6.07, 6.45) is 1.15. The molecular formula is C22H24FN3O3. The third kappa shape index (κ3) is 3.90. The van der Waals surface area contributed by atoms with Gasteiger partial charge in [-0.1, -0.05) is 0 Å². The van der Waals surface area contributed by atoms with Crippen molar-refractivity contribution in [3.8, 4) is 5.75 Å². The first-order chi connectivity index (χ1) is 14.0. The molecule has 29 heavy (non-hydrogen) atoms. The smallest absolute Gasteiger partial charge is 0.240 e. The third-order valence-corrected chi connectivity index (χ3v) is 5.70. The van der Waals surface area contributed by atoms with Crippen LogP contribution < -0.4 is 15.0 Å². The van der Waals surface area contributed by atoms with Crippen LogP contribution in [0, 0.1) is 11.2 Å². The molecule has 152 valence electrons. The zero-order valence-corrected chi connectivity index (χ0v) is 16.4. The molecule has 2 aromatic carbocycles. The van der Waals surface area contributed by atoms with Crippen LogP contribution in [0.3, 0.4) is 0 Å². The minimum Gasteiger partial charge on any atom is -0.497 e. The fraction of sp³-hybridized carbons (Fsp3) is 0.364. The van der Waals surface area contributed by atoms with E-state index in [9.17, 15) is 14.0 Å². The van der Waals surface area contributed by atoms with Gasteiger partial charge in [-0.25, -0.2) is 4.39 Å². The quantitative estimate of drug-likeness (QED) is 0.788. The number of hydrogen-bond donors (Lipinski definition) is 1. The lowest BCUT2D eigenvalue weighted by molar-refractivity contribution is -0.142. The van der Waals surface area contributed by atoms with E-state index < -0.39 is 5.41 Å². The Labute approximate surface area is 169 Å². The molecule has 2 aliphatic rings. The Kier molecular flexibility index (Phi) is 5.13. The number of nitrogens with zero attached hydrogens (tertiary/aromatic N) is 2. The van der Waals surface area contributed by atoms with E-state index in [1.54, 1.807) is 48.4 Å². The van der Waals surface area contributed by atoms with Gasteiger partial charge in [0.05, 0.1) is 7.11 Å². The van der Waals surface area contributed by atoms with E-state index in [4.69, 9.17) is 4.74 Å². The number of ether oxygens (including phenoxy) is 1. The molecule has 2 fully saturated rings. The van der Waals surface area contributed by atoms with Gasteiger partial charge in [-0.2, -0.15) is 0 Å². The minimum absolute atomic E-state index is 0.0951. The van der Waals surface area contributed by atoms with Crippen molar-refractivity contribution < 1.29 is 18.7 Å². The predicted octanol–water partition coefficient (Wildman–Crippen LogP) is 2.90. The van der Waals surface area contributed by atoms with E-state index >= 15 is 0 Å². The number of carbonyl (C=O) groups is 2. The van der Waals surface area contributed by atoms with Gasteiger partial charge in [-0.3, -0.25) is 9.59 Å². The predicted molar refractivity (Wildman–Crippen MR) is 108 cm³/mol. The van der Waals surface area contributed by atoms with Gasteiger partial charge < -0.3 is 19.9 Å². The lowest BCUT2D eigenvalue weighted by Crippen LogP contribution is -2.52. The topological polar surface area (TPSA) is 61.9 Å². The van der Waals surface area contributed by atoms with Crippen molar-refractivity contribution in [2.45, 2.75) is 12.8 Å². The number of piperazine rings is 1. The van der Waals surface area contributed by atoms with Crippen molar-refractivity contribution in [2.24, 2.45) is 5.41 Å². The maximum absolute atomic E-state index is 13.1. The lowest BCUT2D eigenvalue weighted by Gasteiger charge is -2.37. The van der Waals surface area contributed by atoms with Crippen molar-refractivity contribution in [3.63, 3.8) is 0 Å². The first kappa shape index (κ1) is 19.2. The number of hydrogen-bond acceptors (Lipinski definition) is 4. The van der Waals surface area contributed by atoms with Gasteiger partial charge in [0.15, 0.2) is 0 Å². The lowest BCUT2D eigenvalue weighted by atomic mass is 10.0. The molecule has 0 spiro atoms. The van der Waals surface area contributed by atoms with Crippen LogP contribution in [0.4, 0.5) is 15.8 Å². The Balaban J connectivity index is 1.36. The number of anilines is 2. The van der Waals surface area contributed by atoms with Crippen LogP contribution >= 0.6 is 0 Å². The molecule has 1 N–H and O–H groups in total. The summed E-state index contributed by atoms with van der Waals surface area (Å²) in [6.45, 7) is 2.42. The summed E-state index contributed by atoms with van der Waals surface area (Å²) >= 11 is 0. The highest BCUT2D eigenvalue weighted by Gasteiger charge is 2.58. The minimum atomic E-state index is -0.946. The average Bonchev–Trinajstić information content (AvgIpc) is 3.57. The highest BCUT2D eigenvalue weighted by atomic mass is 19.1. The number of halogens is 1. The summed E-state index contributed by atoms with van der Waals surface area (Å²) < 4.78 is 18.2. The van der Waals surface area contributed by atoms with Crippen molar-refractivity contribution >= 4 is 23.2 Å². The van der Waals surface area contributed by atoms with Gasteiger partial charge in [-0.15, -0.1) is 0 Å². The van der Waals surface area contributed by atoms with E-state index in [0.717, 1.165) is 5.69 Å². The molecule has 0 aromatic heterocycles. The molecule has 6 nitrogen and oxygen atoms in total. The van der Waals surface area contributed by atoms with Crippen LogP contribution in [0.25, 0.3) is 0 Å². The van der Waals surface area contributed by atoms with Crippen molar-refractivity contribution in [2.75, 3.05) is 43.5 Å². The standard InChI is InChI=1S/C22H24FN3O3/c1-29-19-8-4-17(5-9-19)24-20(27)22(10-11-22)21(28)26-14-12-25(13-15-26)18-6-2-16(23)3-7-18/h2-9H,10-15H2,1H3,(H,24,27). The van der Waals surface area contributed by atoms with Gasteiger partial charge in [0.1, 0.15) is 17.0 Å². The molecule has 0 atom stereocenters. The number of amides is 2. The molecular weight excluding hydrogens is 373 g/mol. The van der Waals surface area contributed by atoms with Gasteiger partial charge in [0, 0.05) is 37.6 Å². The molecule has 7 heteroatoms. The summed E-state index contributed by atoms with van der Waals surface area (Å²) in [4.78, 5) is 29.8. The van der Waals surface area contributed by atoms with E-state index in [0.29, 0.717) is 50.5 Å². The Morgan fingerprint density at radius 1 is 0.966 bits per heavy atom. The summed E-state index contributed by atoms with van der Waals surface area (Å²) in [5.41, 5.74) is 0.644. The van der Waals surface area contributed by atoms with Crippen molar-refractivity contribution in [1.29, 1.82) is 0 Å². The summed E-state index contributed by atoms with van der Waals surface area (Å²) in [7, 11) is 1.58. The Hall–Kier alpha value is -3.09. The molecule has 1 saturated carbocycles. The fourth-order valence-corrected chi connectivity index (χ4v) is 3.71. The van der Waals surface area contributed by atoms with Gasteiger partial charge in [-0.05, 0) is 61.4 Å². The fourth-order valence-electron chi connectivity index (χ4n) is 3.71. The Bertz CT molecular complexity index is 887. The molecule has 0 bridgehead atoms. The van der Waals surface area contributed by atoms with Crippen LogP contribution in [-0.4, -0.2) is 50.0 Å². The molecule has 1 heterocycles. The second kappa shape index (κ2) is 7.73. The molecule has 2 aromatic rings. The Morgan fingerprint density at radius 3 is 2.14 bits per heavy atom. The second-order valence-corrected chi connectivity index (χ2v) is 7.52. The van der Waals surface area contributed by atoms with E-state index in [-0.39, 0.29) is 17.6 Å². The van der Waals surface area contributed by atoms with Crippen molar-refractivity contribution in [1.82, 2.24) is 4.90 Å². The Morgan fingerprint density at radius 2 is 1.59 bits per heavy atom. The summed E-state index contributed by atoms with van der Waals surface area (Å²) in [5.74, 6) is 0.108. The van der Waals surface area contributed by atoms with E-state index in [1.165, 1.54) is 12.1 Å². The van der Waals surface area contributed by atoms with Gasteiger partial charge in [0.2, 0.25) is 11.8 Å². The molecule has 2 amide bonds. The maximum Gasteiger partial charge on any atom is 0.240 e.